The summed E-state index contributed by atoms with van der Waals surface area (Å²) in [6, 6.07) is 59.0. The Morgan fingerprint density at radius 3 is 1.89 bits per heavy atom. The maximum absolute atomic E-state index is 6.20. The van der Waals surface area contributed by atoms with Crippen LogP contribution in [0.2, 0.25) is 0 Å². The van der Waals surface area contributed by atoms with Gasteiger partial charge in [-0.25, -0.2) is 0 Å². The first kappa shape index (κ1) is 27.5. The van der Waals surface area contributed by atoms with Gasteiger partial charge >= 0.3 is 0 Å². The predicted molar refractivity (Wildman–Crippen MR) is 197 cm³/mol. The maximum atomic E-state index is 6.20. The SMILES string of the molecule is CC1(C)c2ccccc2-c2ccc(-c3cccc(N(c4ccc(-c5ccccc5)cc4)c4ccc5oc6ccccc6c5c4)c3)cc21. The summed E-state index contributed by atoms with van der Waals surface area (Å²) in [6.07, 6.45) is 0. The molecule has 47 heavy (non-hydrogen) atoms. The average Bonchev–Trinajstić information content (AvgIpc) is 3.61. The molecule has 7 aromatic carbocycles. The summed E-state index contributed by atoms with van der Waals surface area (Å²) in [4.78, 5) is 2.35. The highest BCUT2D eigenvalue weighted by Crippen LogP contribution is 2.50. The molecule has 0 amide bonds. The van der Waals surface area contributed by atoms with E-state index in [0.717, 1.165) is 39.0 Å². The van der Waals surface area contributed by atoms with Gasteiger partial charge in [-0.1, -0.05) is 123 Å². The van der Waals surface area contributed by atoms with Gasteiger partial charge in [0.05, 0.1) is 0 Å². The van der Waals surface area contributed by atoms with E-state index in [0.29, 0.717) is 0 Å². The van der Waals surface area contributed by atoms with Crippen molar-refractivity contribution in [1.82, 2.24) is 0 Å². The molecular formula is C45H33NO. The van der Waals surface area contributed by atoms with E-state index in [9.17, 15) is 0 Å². The molecule has 0 unspecified atom stereocenters. The number of rotatable bonds is 5. The standard InChI is InChI=1S/C45H33NO/c1-45(2)41-17-8-6-15-37(41)38-25-21-33(28-42(38)45)32-13-10-14-35(27-32)46(34-22-19-31(20-23-34)30-11-4-3-5-12-30)36-24-26-44-40(29-36)39-16-7-9-18-43(39)47-44/h3-29H,1-2H3. The molecule has 1 aromatic heterocycles. The van der Waals surface area contributed by atoms with Crippen LogP contribution in [-0.2, 0) is 5.41 Å². The first-order valence-electron chi connectivity index (χ1n) is 16.3. The Labute approximate surface area is 275 Å². The van der Waals surface area contributed by atoms with Gasteiger partial charge < -0.3 is 9.32 Å². The van der Waals surface area contributed by atoms with E-state index < -0.39 is 0 Å². The van der Waals surface area contributed by atoms with Crippen LogP contribution in [-0.4, -0.2) is 0 Å². The van der Waals surface area contributed by atoms with Gasteiger partial charge in [0.25, 0.3) is 0 Å². The van der Waals surface area contributed by atoms with Gasteiger partial charge in [-0.2, -0.15) is 0 Å². The highest BCUT2D eigenvalue weighted by atomic mass is 16.3. The van der Waals surface area contributed by atoms with Crippen LogP contribution in [0.15, 0.2) is 168 Å². The van der Waals surface area contributed by atoms with Crippen LogP contribution in [0, 0.1) is 0 Å². The number of nitrogens with zero attached hydrogens (tertiary/aromatic N) is 1. The second kappa shape index (κ2) is 10.6. The summed E-state index contributed by atoms with van der Waals surface area (Å²) in [6.45, 7) is 4.68. The van der Waals surface area contributed by atoms with Crippen LogP contribution in [0.3, 0.4) is 0 Å². The van der Waals surface area contributed by atoms with Crippen LogP contribution in [0.1, 0.15) is 25.0 Å². The monoisotopic (exact) mass is 603 g/mol. The second-order valence-corrected chi connectivity index (χ2v) is 13.0. The van der Waals surface area contributed by atoms with Gasteiger partial charge in [-0.15, -0.1) is 0 Å². The summed E-state index contributed by atoms with van der Waals surface area (Å²) in [5, 5.41) is 2.24. The van der Waals surface area contributed by atoms with Crippen molar-refractivity contribution in [3.63, 3.8) is 0 Å². The Bertz CT molecular complexity index is 2430. The first-order chi connectivity index (χ1) is 23.0. The van der Waals surface area contributed by atoms with Crippen molar-refractivity contribution in [3.05, 3.63) is 175 Å². The zero-order chi connectivity index (χ0) is 31.5. The number of fused-ring (bicyclic) bond motifs is 6. The van der Waals surface area contributed by atoms with Crippen LogP contribution in [0.25, 0.3) is 55.3 Å². The van der Waals surface area contributed by atoms with Gasteiger partial charge in [0.15, 0.2) is 0 Å². The van der Waals surface area contributed by atoms with Crippen molar-refractivity contribution >= 4 is 39.0 Å². The molecule has 0 N–H and O–H groups in total. The fourth-order valence-corrected chi connectivity index (χ4v) is 7.44. The molecule has 1 heterocycles. The highest BCUT2D eigenvalue weighted by molar-refractivity contribution is 6.06. The second-order valence-electron chi connectivity index (χ2n) is 13.0. The topological polar surface area (TPSA) is 16.4 Å². The number of para-hydroxylation sites is 1. The molecule has 0 fully saturated rings. The van der Waals surface area contributed by atoms with E-state index in [1.165, 1.54) is 44.5 Å². The van der Waals surface area contributed by atoms with Gasteiger partial charge in [0, 0.05) is 33.2 Å². The molecule has 0 atom stereocenters. The molecule has 2 heteroatoms. The summed E-state index contributed by atoms with van der Waals surface area (Å²) in [7, 11) is 0. The van der Waals surface area contributed by atoms with E-state index >= 15 is 0 Å². The van der Waals surface area contributed by atoms with Gasteiger partial charge in [0.2, 0.25) is 0 Å². The minimum absolute atomic E-state index is 0.0468. The largest absolute Gasteiger partial charge is 0.456 e. The number of benzene rings is 7. The van der Waals surface area contributed by atoms with Gasteiger partial charge in [-0.05, 0) is 99.1 Å². The van der Waals surface area contributed by atoms with E-state index in [-0.39, 0.29) is 5.41 Å². The van der Waals surface area contributed by atoms with Crippen molar-refractivity contribution in [3.8, 4) is 33.4 Å². The molecule has 2 nitrogen and oxygen atoms in total. The molecule has 9 rings (SSSR count). The molecule has 8 aromatic rings. The third-order valence-corrected chi connectivity index (χ3v) is 9.87. The Balaban J connectivity index is 1.18. The van der Waals surface area contributed by atoms with Gasteiger partial charge in [-0.3, -0.25) is 0 Å². The highest BCUT2D eigenvalue weighted by Gasteiger charge is 2.35. The number of anilines is 3. The third-order valence-electron chi connectivity index (χ3n) is 9.87. The Morgan fingerprint density at radius 1 is 0.404 bits per heavy atom. The summed E-state index contributed by atoms with van der Waals surface area (Å²) in [5.74, 6) is 0. The van der Waals surface area contributed by atoms with Crippen molar-refractivity contribution in [1.29, 1.82) is 0 Å². The molecule has 1 aliphatic rings. The third kappa shape index (κ3) is 4.48. The summed E-state index contributed by atoms with van der Waals surface area (Å²) < 4.78 is 6.20. The van der Waals surface area contributed by atoms with Gasteiger partial charge in [0.1, 0.15) is 11.2 Å². The molecule has 0 saturated heterocycles. The molecular weight excluding hydrogens is 571 g/mol. The van der Waals surface area contributed by atoms with Crippen LogP contribution in [0.4, 0.5) is 17.1 Å². The number of hydrogen-bond donors (Lipinski definition) is 0. The lowest BCUT2D eigenvalue weighted by atomic mass is 9.81. The van der Waals surface area contributed by atoms with E-state index in [2.05, 4.69) is 170 Å². The van der Waals surface area contributed by atoms with Crippen molar-refractivity contribution in [2.24, 2.45) is 0 Å². The number of hydrogen-bond acceptors (Lipinski definition) is 2. The fourth-order valence-electron chi connectivity index (χ4n) is 7.44. The van der Waals surface area contributed by atoms with E-state index in [4.69, 9.17) is 4.42 Å². The minimum atomic E-state index is -0.0468. The van der Waals surface area contributed by atoms with Crippen molar-refractivity contribution < 1.29 is 4.42 Å². The van der Waals surface area contributed by atoms with Crippen LogP contribution >= 0.6 is 0 Å². The Morgan fingerprint density at radius 2 is 1.02 bits per heavy atom. The summed E-state index contributed by atoms with van der Waals surface area (Å²) >= 11 is 0. The lowest BCUT2D eigenvalue weighted by Gasteiger charge is -2.26. The van der Waals surface area contributed by atoms with E-state index in [1.807, 2.05) is 12.1 Å². The molecule has 0 bridgehead atoms. The van der Waals surface area contributed by atoms with Crippen LogP contribution in [0.5, 0.6) is 0 Å². The zero-order valence-corrected chi connectivity index (χ0v) is 26.4. The van der Waals surface area contributed by atoms with Crippen molar-refractivity contribution in [2.75, 3.05) is 4.90 Å². The summed E-state index contributed by atoms with van der Waals surface area (Å²) in [5.41, 5.74) is 15.3. The smallest absolute Gasteiger partial charge is 0.135 e. The minimum Gasteiger partial charge on any atom is -0.456 e. The van der Waals surface area contributed by atoms with E-state index in [1.54, 1.807) is 0 Å². The fraction of sp³-hybridized carbons (Fsp3) is 0.0667. The molecule has 0 spiro atoms. The number of furan rings is 1. The van der Waals surface area contributed by atoms with Crippen LogP contribution < -0.4 is 4.90 Å². The molecule has 0 aliphatic heterocycles. The quantitative estimate of drug-likeness (QED) is 0.195. The van der Waals surface area contributed by atoms with Crippen molar-refractivity contribution in [2.45, 2.75) is 19.3 Å². The lowest BCUT2D eigenvalue weighted by Crippen LogP contribution is -2.14. The average molecular weight is 604 g/mol. The first-order valence-corrected chi connectivity index (χ1v) is 16.3. The molecule has 224 valence electrons. The Kier molecular flexibility index (Phi) is 6.20. The normalized spacial score (nSPS) is 13.1. The maximum Gasteiger partial charge on any atom is 0.135 e. The Hall–Kier alpha value is -5.86. The zero-order valence-electron chi connectivity index (χ0n) is 26.4. The molecule has 0 saturated carbocycles. The predicted octanol–water partition coefficient (Wildman–Crippen LogP) is 12.7. The lowest BCUT2D eigenvalue weighted by molar-refractivity contribution is 0.660. The molecule has 0 radical (unpaired) electrons. The molecule has 1 aliphatic carbocycles.